The van der Waals surface area contributed by atoms with E-state index in [1.807, 2.05) is 30.3 Å². The Balaban J connectivity index is 2.46. The molecule has 0 radical (unpaired) electrons. The summed E-state index contributed by atoms with van der Waals surface area (Å²) >= 11 is 3.32. The minimum absolute atomic E-state index is 0.0513. The molecule has 74 valence electrons. The summed E-state index contributed by atoms with van der Waals surface area (Å²) in [5.41, 5.74) is 6.36. The normalized spacial score (nSPS) is 9.87. The molecule has 0 aliphatic heterocycles. The molecule has 4 nitrogen and oxygen atoms in total. The standard InChI is InChI=1S/C10H6BrN3O/c11-7-3-1-6(2-4-7)10-14-8(5-12)9(13)15-10/h1-4H,13H2. The van der Waals surface area contributed by atoms with E-state index in [0.717, 1.165) is 10.0 Å². The van der Waals surface area contributed by atoms with Gasteiger partial charge in [0.25, 0.3) is 0 Å². The predicted octanol–water partition coefficient (Wildman–Crippen LogP) is 2.56. The highest BCUT2D eigenvalue weighted by Crippen LogP contribution is 2.24. The lowest BCUT2D eigenvalue weighted by molar-refractivity contribution is 0.593. The molecule has 15 heavy (non-hydrogen) atoms. The molecule has 0 aliphatic rings. The molecule has 1 aromatic carbocycles. The number of nitrogens with zero attached hydrogens (tertiary/aromatic N) is 2. The number of hydrogen-bond acceptors (Lipinski definition) is 4. The molecule has 0 spiro atoms. The summed E-state index contributed by atoms with van der Waals surface area (Å²) in [5, 5.41) is 8.66. The Labute approximate surface area is 94.5 Å². The van der Waals surface area contributed by atoms with Crippen LogP contribution in [0.2, 0.25) is 0 Å². The number of nitriles is 1. The average molecular weight is 264 g/mol. The Bertz CT molecular complexity index is 525. The van der Waals surface area contributed by atoms with E-state index in [-0.39, 0.29) is 11.6 Å². The van der Waals surface area contributed by atoms with Crippen LogP contribution in [0.1, 0.15) is 5.69 Å². The molecule has 0 saturated heterocycles. The van der Waals surface area contributed by atoms with Crippen LogP contribution in [-0.4, -0.2) is 4.98 Å². The molecule has 1 heterocycles. The van der Waals surface area contributed by atoms with Crippen molar-refractivity contribution >= 4 is 21.8 Å². The smallest absolute Gasteiger partial charge is 0.230 e. The quantitative estimate of drug-likeness (QED) is 0.858. The van der Waals surface area contributed by atoms with Gasteiger partial charge in [-0.05, 0) is 24.3 Å². The lowest BCUT2D eigenvalue weighted by Gasteiger charge is -1.94. The van der Waals surface area contributed by atoms with Crippen LogP contribution in [0.15, 0.2) is 33.2 Å². The Hall–Kier alpha value is -1.80. The Morgan fingerprint density at radius 1 is 1.33 bits per heavy atom. The summed E-state index contributed by atoms with van der Waals surface area (Å²) in [6, 6.07) is 9.24. The van der Waals surface area contributed by atoms with Gasteiger partial charge in [0.15, 0.2) is 0 Å². The van der Waals surface area contributed by atoms with Crippen molar-refractivity contribution in [2.75, 3.05) is 5.73 Å². The molecule has 0 saturated carbocycles. The van der Waals surface area contributed by atoms with Gasteiger partial charge in [-0.2, -0.15) is 10.2 Å². The van der Waals surface area contributed by atoms with Gasteiger partial charge >= 0.3 is 0 Å². The van der Waals surface area contributed by atoms with Crippen molar-refractivity contribution in [1.29, 1.82) is 5.26 Å². The number of oxazole rings is 1. The van der Waals surface area contributed by atoms with Crippen LogP contribution in [0.5, 0.6) is 0 Å². The van der Waals surface area contributed by atoms with Gasteiger partial charge in [0.2, 0.25) is 17.5 Å². The van der Waals surface area contributed by atoms with Crippen molar-refractivity contribution in [3.05, 3.63) is 34.4 Å². The second-order valence-corrected chi connectivity index (χ2v) is 3.77. The minimum Gasteiger partial charge on any atom is -0.419 e. The monoisotopic (exact) mass is 263 g/mol. The fourth-order valence-corrected chi connectivity index (χ4v) is 1.39. The first kappa shape index (κ1) is 9.74. The Morgan fingerprint density at radius 2 is 2.00 bits per heavy atom. The van der Waals surface area contributed by atoms with E-state index >= 15 is 0 Å². The fourth-order valence-electron chi connectivity index (χ4n) is 1.13. The van der Waals surface area contributed by atoms with Crippen molar-refractivity contribution in [3.8, 4) is 17.5 Å². The highest BCUT2D eigenvalue weighted by Gasteiger charge is 2.10. The number of hydrogen-bond donors (Lipinski definition) is 1. The third-order valence-corrected chi connectivity index (χ3v) is 2.38. The van der Waals surface area contributed by atoms with Gasteiger partial charge in [-0.25, -0.2) is 0 Å². The number of halogens is 1. The SMILES string of the molecule is N#Cc1nc(-c2ccc(Br)cc2)oc1N. The second-order valence-electron chi connectivity index (χ2n) is 2.85. The van der Waals surface area contributed by atoms with Crippen molar-refractivity contribution < 1.29 is 4.42 Å². The zero-order chi connectivity index (χ0) is 10.8. The van der Waals surface area contributed by atoms with Crippen LogP contribution in [0, 0.1) is 11.3 Å². The third kappa shape index (κ3) is 1.85. The van der Waals surface area contributed by atoms with Gasteiger partial charge in [0.1, 0.15) is 6.07 Å². The molecule has 0 unspecified atom stereocenters. The summed E-state index contributed by atoms with van der Waals surface area (Å²) in [7, 11) is 0. The molecule has 0 atom stereocenters. The first-order valence-electron chi connectivity index (χ1n) is 4.13. The molecule has 5 heteroatoms. The maximum absolute atomic E-state index is 8.66. The van der Waals surface area contributed by atoms with Crippen LogP contribution in [-0.2, 0) is 0 Å². The van der Waals surface area contributed by atoms with Crippen LogP contribution in [0.4, 0.5) is 5.88 Å². The second kappa shape index (κ2) is 3.75. The molecule has 0 amide bonds. The Morgan fingerprint density at radius 3 is 2.53 bits per heavy atom. The molecular formula is C10H6BrN3O. The summed E-state index contributed by atoms with van der Waals surface area (Å²) in [6.07, 6.45) is 0. The van der Waals surface area contributed by atoms with Crippen molar-refractivity contribution in [2.24, 2.45) is 0 Å². The first-order chi connectivity index (χ1) is 7.20. The molecule has 2 aromatic rings. The molecule has 2 N–H and O–H groups in total. The van der Waals surface area contributed by atoms with Crippen molar-refractivity contribution in [3.63, 3.8) is 0 Å². The number of rotatable bonds is 1. The molecule has 0 fully saturated rings. The van der Waals surface area contributed by atoms with Crippen LogP contribution < -0.4 is 5.73 Å². The van der Waals surface area contributed by atoms with E-state index in [9.17, 15) is 0 Å². The lowest BCUT2D eigenvalue weighted by Crippen LogP contribution is -1.84. The number of benzene rings is 1. The summed E-state index contributed by atoms with van der Waals surface area (Å²) in [6.45, 7) is 0. The Kier molecular flexibility index (Phi) is 2.44. The zero-order valence-corrected chi connectivity index (χ0v) is 9.15. The van der Waals surface area contributed by atoms with Gasteiger partial charge in [0.05, 0.1) is 0 Å². The summed E-state index contributed by atoms with van der Waals surface area (Å²) in [5.74, 6) is 0.409. The number of nitrogens with two attached hydrogens (primary N) is 1. The van der Waals surface area contributed by atoms with E-state index < -0.39 is 0 Å². The number of nitrogen functional groups attached to an aromatic ring is 1. The average Bonchev–Trinajstić information content (AvgIpc) is 2.61. The summed E-state index contributed by atoms with van der Waals surface area (Å²) in [4.78, 5) is 3.96. The van der Waals surface area contributed by atoms with Gasteiger partial charge in [-0.15, -0.1) is 0 Å². The molecule has 0 aliphatic carbocycles. The maximum atomic E-state index is 8.66. The van der Waals surface area contributed by atoms with E-state index in [1.165, 1.54) is 0 Å². The zero-order valence-electron chi connectivity index (χ0n) is 7.57. The molecule has 1 aromatic heterocycles. The molecule has 0 bridgehead atoms. The van der Waals surface area contributed by atoms with Gasteiger partial charge in [-0.1, -0.05) is 15.9 Å². The van der Waals surface area contributed by atoms with E-state index in [2.05, 4.69) is 20.9 Å². The van der Waals surface area contributed by atoms with Gasteiger partial charge in [0, 0.05) is 10.0 Å². The van der Waals surface area contributed by atoms with E-state index in [4.69, 9.17) is 15.4 Å². The van der Waals surface area contributed by atoms with E-state index in [0.29, 0.717) is 5.89 Å². The predicted molar refractivity (Wildman–Crippen MR) is 58.8 cm³/mol. The fraction of sp³-hybridized carbons (Fsp3) is 0. The minimum atomic E-state index is 0.0513. The molecule has 2 rings (SSSR count). The van der Waals surface area contributed by atoms with Gasteiger partial charge in [-0.3, -0.25) is 0 Å². The van der Waals surface area contributed by atoms with Gasteiger partial charge < -0.3 is 10.2 Å². The van der Waals surface area contributed by atoms with Crippen LogP contribution >= 0.6 is 15.9 Å². The largest absolute Gasteiger partial charge is 0.419 e. The molecular weight excluding hydrogens is 258 g/mol. The van der Waals surface area contributed by atoms with E-state index in [1.54, 1.807) is 0 Å². The van der Waals surface area contributed by atoms with Crippen molar-refractivity contribution in [1.82, 2.24) is 4.98 Å². The topological polar surface area (TPSA) is 75.8 Å². The van der Waals surface area contributed by atoms with Crippen molar-refractivity contribution in [2.45, 2.75) is 0 Å². The highest BCUT2D eigenvalue weighted by atomic mass is 79.9. The summed E-state index contributed by atoms with van der Waals surface area (Å²) < 4.78 is 6.12. The first-order valence-corrected chi connectivity index (χ1v) is 4.92. The number of aromatic nitrogens is 1. The number of anilines is 1. The van der Waals surface area contributed by atoms with Crippen LogP contribution in [0.3, 0.4) is 0 Å². The lowest BCUT2D eigenvalue weighted by atomic mass is 10.2. The van der Waals surface area contributed by atoms with Crippen LogP contribution in [0.25, 0.3) is 11.5 Å². The third-order valence-electron chi connectivity index (χ3n) is 1.85. The highest BCUT2D eigenvalue weighted by molar-refractivity contribution is 9.10. The maximum Gasteiger partial charge on any atom is 0.230 e.